The van der Waals surface area contributed by atoms with Crippen LogP contribution in [0.25, 0.3) is 0 Å². The van der Waals surface area contributed by atoms with Crippen LogP contribution in [0.4, 0.5) is 0 Å². The highest BCUT2D eigenvalue weighted by atomic mass is 16.5. The summed E-state index contributed by atoms with van der Waals surface area (Å²) in [7, 11) is 0. The van der Waals surface area contributed by atoms with Gasteiger partial charge in [0.25, 0.3) is 5.91 Å². The molecule has 0 unspecified atom stereocenters. The fourth-order valence-electron chi connectivity index (χ4n) is 3.38. The van der Waals surface area contributed by atoms with E-state index in [-0.39, 0.29) is 17.7 Å². The molecule has 0 aliphatic heterocycles. The minimum Gasteiger partial charge on any atom is -0.494 e. The molecule has 140 valence electrons. The fourth-order valence-corrected chi connectivity index (χ4v) is 3.38. The van der Waals surface area contributed by atoms with E-state index in [1.807, 2.05) is 19.9 Å². The molecule has 0 saturated heterocycles. The van der Waals surface area contributed by atoms with Crippen LogP contribution in [0.5, 0.6) is 5.75 Å². The Bertz CT molecular complexity index is 774. The van der Waals surface area contributed by atoms with Crippen LogP contribution < -0.4 is 10.1 Å². The number of amides is 1. The summed E-state index contributed by atoms with van der Waals surface area (Å²) in [5.74, 6) is 1.71. The molecule has 1 aliphatic rings. The molecule has 7 heteroatoms. The van der Waals surface area contributed by atoms with E-state index < -0.39 is 6.10 Å². The zero-order valence-corrected chi connectivity index (χ0v) is 15.4. The normalized spacial score (nSPS) is 22.4. The number of carbonyl (C=O) groups is 1. The summed E-state index contributed by atoms with van der Waals surface area (Å²) >= 11 is 0. The van der Waals surface area contributed by atoms with Gasteiger partial charge >= 0.3 is 0 Å². The van der Waals surface area contributed by atoms with Crippen molar-refractivity contribution >= 4 is 5.91 Å². The molecule has 1 saturated carbocycles. The first-order valence-electron chi connectivity index (χ1n) is 8.97. The van der Waals surface area contributed by atoms with E-state index >= 15 is 0 Å². The first-order chi connectivity index (χ1) is 12.5. The average molecular weight is 359 g/mol. The zero-order valence-electron chi connectivity index (χ0n) is 15.4. The van der Waals surface area contributed by atoms with Crippen molar-refractivity contribution in [2.75, 3.05) is 13.2 Å². The van der Waals surface area contributed by atoms with Crippen molar-refractivity contribution in [1.82, 2.24) is 15.5 Å². The highest BCUT2D eigenvalue weighted by Crippen LogP contribution is 2.37. The molecule has 0 spiro atoms. The summed E-state index contributed by atoms with van der Waals surface area (Å²) in [5, 5.41) is 17.0. The van der Waals surface area contributed by atoms with Gasteiger partial charge in [-0.1, -0.05) is 11.2 Å². The molecule has 3 atom stereocenters. The van der Waals surface area contributed by atoms with Crippen LogP contribution in [0.1, 0.15) is 53.3 Å². The van der Waals surface area contributed by atoms with Crippen LogP contribution in [0, 0.1) is 19.8 Å². The van der Waals surface area contributed by atoms with Crippen molar-refractivity contribution in [2.45, 2.75) is 45.6 Å². The third-order valence-electron chi connectivity index (χ3n) is 4.82. The van der Waals surface area contributed by atoms with E-state index in [0.717, 1.165) is 5.56 Å². The quantitative estimate of drug-likeness (QED) is 0.822. The minimum absolute atomic E-state index is 0.0343. The van der Waals surface area contributed by atoms with E-state index in [4.69, 9.17) is 9.26 Å². The van der Waals surface area contributed by atoms with E-state index in [1.165, 1.54) is 0 Å². The standard InChI is InChI=1S/C19H25N3O4/c1-4-25-17-9-13(6-5-11(17)2)18(24)20-10-15-7-14(8-16(15)23)19-21-12(3)22-26-19/h5-6,9,14-16,23H,4,7-8,10H2,1-3H3,(H,20,24)/t14-,15+,16+/m0/s1. The maximum Gasteiger partial charge on any atom is 0.251 e. The number of hydrogen-bond donors (Lipinski definition) is 2. The molecular weight excluding hydrogens is 334 g/mol. The van der Waals surface area contributed by atoms with Gasteiger partial charge in [0.15, 0.2) is 5.82 Å². The molecule has 1 heterocycles. The summed E-state index contributed by atoms with van der Waals surface area (Å²) < 4.78 is 10.8. The van der Waals surface area contributed by atoms with Gasteiger partial charge in [-0.15, -0.1) is 0 Å². The van der Waals surface area contributed by atoms with Crippen LogP contribution in [0.2, 0.25) is 0 Å². The van der Waals surface area contributed by atoms with Crippen molar-refractivity contribution in [3.8, 4) is 5.75 Å². The first kappa shape index (κ1) is 18.4. The number of carbonyl (C=O) groups excluding carboxylic acids is 1. The van der Waals surface area contributed by atoms with Crippen LogP contribution in [-0.4, -0.2) is 40.4 Å². The number of rotatable bonds is 6. The highest BCUT2D eigenvalue weighted by molar-refractivity contribution is 5.94. The van der Waals surface area contributed by atoms with E-state index in [2.05, 4.69) is 15.5 Å². The molecule has 3 rings (SSSR count). The van der Waals surface area contributed by atoms with Gasteiger partial charge in [-0.2, -0.15) is 4.98 Å². The second kappa shape index (κ2) is 7.86. The monoisotopic (exact) mass is 359 g/mol. The number of nitrogens with one attached hydrogen (secondary N) is 1. The number of aliphatic hydroxyl groups excluding tert-OH is 1. The van der Waals surface area contributed by atoms with E-state index in [1.54, 1.807) is 19.1 Å². The Morgan fingerprint density at radius 1 is 1.38 bits per heavy atom. The number of nitrogens with zero attached hydrogens (tertiary/aromatic N) is 2. The van der Waals surface area contributed by atoms with Crippen molar-refractivity contribution in [2.24, 2.45) is 5.92 Å². The average Bonchev–Trinajstić information content (AvgIpc) is 3.20. The van der Waals surface area contributed by atoms with Crippen LogP contribution in [0.15, 0.2) is 22.7 Å². The molecule has 26 heavy (non-hydrogen) atoms. The van der Waals surface area contributed by atoms with Gasteiger partial charge < -0.3 is 19.7 Å². The third kappa shape index (κ3) is 4.04. The molecule has 2 aromatic rings. The summed E-state index contributed by atoms with van der Waals surface area (Å²) in [6.45, 7) is 6.59. The largest absolute Gasteiger partial charge is 0.494 e. The first-order valence-corrected chi connectivity index (χ1v) is 8.97. The topological polar surface area (TPSA) is 97.5 Å². The predicted octanol–water partition coefficient (Wildman–Crippen LogP) is 2.37. The van der Waals surface area contributed by atoms with Crippen LogP contribution in [0.3, 0.4) is 0 Å². The molecule has 1 aromatic heterocycles. The number of hydrogen-bond acceptors (Lipinski definition) is 6. The lowest BCUT2D eigenvalue weighted by molar-refractivity contribution is 0.0916. The van der Waals surface area contributed by atoms with Gasteiger partial charge in [0.2, 0.25) is 5.89 Å². The number of aryl methyl sites for hydroxylation is 2. The van der Waals surface area contributed by atoms with E-state index in [9.17, 15) is 9.90 Å². The summed E-state index contributed by atoms with van der Waals surface area (Å²) in [6, 6.07) is 5.41. The molecule has 1 amide bonds. The number of aliphatic hydroxyl groups is 1. The Morgan fingerprint density at radius 3 is 2.88 bits per heavy atom. The Balaban J connectivity index is 1.58. The lowest BCUT2D eigenvalue weighted by Crippen LogP contribution is -2.32. The second-order valence-electron chi connectivity index (χ2n) is 6.80. The SMILES string of the molecule is CCOc1cc(C(=O)NC[C@H]2C[C@H](c3nc(C)no3)C[C@H]2O)ccc1C. The van der Waals surface area contributed by atoms with Gasteiger partial charge in [0.05, 0.1) is 12.7 Å². The van der Waals surface area contributed by atoms with Crippen molar-refractivity contribution < 1.29 is 19.2 Å². The minimum atomic E-state index is -0.496. The lowest BCUT2D eigenvalue weighted by atomic mass is 10.0. The Labute approximate surface area is 152 Å². The smallest absolute Gasteiger partial charge is 0.251 e. The van der Waals surface area contributed by atoms with Crippen LogP contribution >= 0.6 is 0 Å². The summed E-state index contributed by atoms with van der Waals surface area (Å²) in [6.07, 6.45) is 0.784. The van der Waals surface area contributed by atoms with Gasteiger partial charge in [-0.3, -0.25) is 4.79 Å². The number of benzene rings is 1. The summed E-state index contributed by atoms with van der Waals surface area (Å²) in [5.41, 5.74) is 1.54. The summed E-state index contributed by atoms with van der Waals surface area (Å²) in [4.78, 5) is 16.7. The molecule has 1 aromatic carbocycles. The van der Waals surface area contributed by atoms with Gasteiger partial charge in [0.1, 0.15) is 5.75 Å². The van der Waals surface area contributed by atoms with Crippen molar-refractivity contribution in [1.29, 1.82) is 0 Å². The van der Waals surface area contributed by atoms with Gasteiger partial charge in [-0.25, -0.2) is 0 Å². The molecule has 0 radical (unpaired) electrons. The molecule has 7 nitrogen and oxygen atoms in total. The molecule has 0 bridgehead atoms. The Morgan fingerprint density at radius 2 is 2.19 bits per heavy atom. The third-order valence-corrected chi connectivity index (χ3v) is 4.82. The van der Waals surface area contributed by atoms with Crippen molar-refractivity contribution in [3.63, 3.8) is 0 Å². The molecule has 2 N–H and O–H groups in total. The predicted molar refractivity (Wildman–Crippen MR) is 95.2 cm³/mol. The number of aromatic nitrogens is 2. The van der Waals surface area contributed by atoms with Gasteiger partial charge in [-0.05, 0) is 51.3 Å². The Kier molecular flexibility index (Phi) is 5.56. The van der Waals surface area contributed by atoms with Crippen LogP contribution in [-0.2, 0) is 0 Å². The molecular formula is C19H25N3O4. The lowest BCUT2D eigenvalue weighted by Gasteiger charge is -2.15. The highest BCUT2D eigenvalue weighted by Gasteiger charge is 2.36. The maximum absolute atomic E-state index is 12.4. The second-order valence-corrected chi connectivity index (χ2v) is 6.80. The molecule has 1 fully saturated rings. The number of ether oxygens (including phenoxy) is 1. The van der Waals surface area contributed by atoms with E-state index in [0.29, 0.717) is 49.0 Å². The molecule has 1 aliphatic carbocycles. The van der Waals surface area contributed by atoms with Gasteiger partial charge in [0, 0.05) is 23.9 Å². The Hall–Kier alpha value is -2.41. The zero-order chi connectivity index (χ0) is 18.7. The maximum atomic E-state index is 12.4. The van der Waals surface area contributed by atoms with Crippen molar-refractivity contribution in [3.05, 3.63) is 41.0 Å². The fraction of sp³-hybridized carbons (Fsp3) is 0.526.